The van der Waals surface area contributed by atoms with Crippen molar-refractivity contribution < 1.29 is 22.7 Å². The molecule has 1 aliphatic rings. The average Bonchev–Trinajstić information content (AvgIpc) is 3.34. The van der Waals surface area contributed by atoms with Gasteiger partial charge >= 0.3 is 5.97 Å². The van der Waals surface area contributed by atoms with Gasteiger partial charge in [0.05, 0.1) is 17.1 Å². The van der Waals surface area contributed by atoms with Crippen LogP contribution in [0.15, 0.2) is 40.5 Å². The van der Waals surface area contributed by atoms with Crippen LogP contribution in [0.25, 0.3) is 10.2 Å². The summed E-state index contributed by atoms with van der Waals surface area (Å²) in [5.41, 5.74) is 1.45. The quantitative estimate of drug-likeness (QED) is 0.315. The minimum Gasteiger partial charge on any atom is -0.452 e. The van der Waals surface area contributed by atoms with Gasteiger partial charge in [-0.25, -0.2) is 23.2 Å². The lowest BCUT2D eigenvalue weighted by Gasteiger charge is -2.27. The third-order valence-electron chi connectivity index (χ3n) is 6.00. The number of rotatable bonds is 8. The molecule has 4 rings (SSSR count). The van der Waals surface area contributed by atoms with Gasteiger partial charge in [0.25, 0.3) is 5.91 Å². The Morgan fingerprint density at radius 1 is 1.23 bits per heavy atom. The van der Waals surface area contributed by atoms with Crippen LogP contribution in [-0.2, 0) is 19.4 Å². The SMILES string of the molecule is CCCN(C(=O)COC(=O)c1ccccc1Sc1ncnc2sc(C)c(C)c12)[C@H]1CCS(=O)(=O)C1. The Morgan fingerprint density at radius 2 is 2.00 bits per heavy atom. The van der Waals surface area contributed by atoms with Crippen LogP contribution in [0.5, 0.6) is 0 Å². The molecule has 1 saturated heterocycles. The molecule has 8 nitrogen and oxygen atoms in total. The molecule has 186 valence electrons. The summed E-state index contributed by atoms with van der Waals surface area (Å²) in [5, 5.41) is 1.73. The number of thiophene rings is 1. The van der Waals surface area contributed by atoms with Crippen molar-refractivity contribution in [2.45, 2.75) is 49.6 Å². The molecular formula is C24H27N3O5S3. The van der Waals surface area contributed by atoms with E-state index < -0.39 is 22.4 Å². The number of benzene rings is 1. The molecule has 2 aromatic heterocycles. The van der Waals surface area contributed by atoms with Crippen molar-refractivity contribution in [3.8, 4) is 0 Å². The molecular weight excluding hydrogens is 506 g/mol. The predicted molar refractivity (Wildman–Crippen MR) is 137 cm³/mol. The van der Waals surface area contributed by atoms with E-state index in [4.69, 9.17) is 4.74 Å². The summed E-state index contributed by atoms with van der Waals surface area (Å²) in [7, 11) is -3.13. The molecule has 1 amide bonds. The number of esters is 1. The fourth-order valence-electron chi connectivity index (χ4n) is 4.12. The number of carbonyl (C=O) groups is 2. The Balaban J connectivity index is 1.49. The number of ether oxygens (including phenoxy) is 1. The van der Waals surface area contributed by atoms with Gasteiger partial charge in [0.15, 0.2) is 16.4 Å². The molecule has 1 atom stereocenters. The van der Waals surface area contributed by atoms with E-state index in [1.54, 1.807) is 23.5 Å². The first-order valence-corrected chi connectivity index (χ1v) is 14.8. The van der Waals surface area contributed by atoms with Crippen molar-refractivity contribution in [2.75, 3.05) is 24.7 Å². The average molecular weight is 534 g/mol. The topological polar surface area (TPSA) is 107 Å². The molecule has 0 radical (unpaired) electrons. The van der Waals surface area contributed by atoms with E-state index in [0.29, 0.717) is 29.8 Å². The summed E-state index contributed by atoms with van der Waals surface area (Å²) in [4.78, 5) is 38.9. The van der Waals surface area contributed by atoms with E-state index in [1.807, 2.05) is 32.9 Å². The summed E-state index contributed by atoms with van der Waals surface area (Å²) >= 11 is 2.97. The van der Waals surface area contributed by atoms with Crippen LogP contribution < -0.4 is 0 Å². The largest absolute Gasteiger partial charge is 0.452 e. The van der Waals surface area contributed by atoms with Gasteiger partial charge in [-0.05, 0) is 44.4 Å². The van der Waals surface area contributed by atoms with Gasteiger partial charge < -0.3 is 9.64 Å². The zero-order valence-corrected chi connectivity index (χ0v) is 22.3. The van der Waals surface area contributed by atoms with E-state index in [9.17, 15) is 18.0 Å². The van der Waals surface area contributed by atoms with E-state index in [2.05, 4.69) is 9.97 Å². The minimum absolute atomic E-state index is 0.0406. The highest BCUT2D eigenvalue weighted by Crippen LogP contribution is 2.38. The van der Waals surface area contributed by atoms with Crippen molar-refractivity contribution in [2.24, 2.45) is 0 Å². The Hall–Kier alpha value is -2.50. The number of aromatic nitrogens is 2. The summed E-state index contributed by atoms with van der Waals surface area (Å²) in [6.45, 7) is 5.98. The Kier molecular flexibility index (Phi) is 7.77. The van der Waals surface area contributed by atoms with E-state index in [1.165, 1.54) is 27.9 Å². The first kappa shape index (κ1) is 25.6. The maximum atomic E-state index is 13.0. The Labute approximate surface area is 213 Å². The van der Waals surface area contributed by atoms with Crippen LogP contribution in [-0.4, -0.2) is 65.9 Å². The zero-order chi connectivity index (χ0) is 25.2. The van der Waals surface area contributed by atoms with Gasteiger partial charge in [-0.2, -0.15) is 0 Å². The monoisotopic (exact) mass is 533 g/mol. The van der Waals surface area contributed by atoms with Gasteiger partial charge in [-0.15, -0.1) is 11.3 Å². The Morgan fingerprint density at radius 3 is 2.71 bits per heavy atom. The van der Waals surface area contributed by atoms with Crippen LogP contribution in [0, 0.1) is 13.8 Å². The van der Waals surface area contributed by atoms with Crippen molar-refractivity contribution >= 4 is 55.0 Å². The number of sulfone groups is 1. The van der Waals surface area contributed by atoms with Gasteiger partial charge in [0, 0.05) is 27.7 Å². The van der Waals surface area contributed by atoms with Crippen LogP contribution in [0.1, 0.15) is 40.6 Å². The van der Waals surface area contributed by atoms with Crippen LogP contribution in [0.4, 0.5) is 0 Å². The number of nitrogens with zero attached hydrogens (tertiary/aromatic N) is 3. The fourth-order valence-corrected chi connectivity index (χ4v) is 7.98. The highest BCUT2D eigenvalue weighted by Gasteiger charge is 2.34. The summed E-state index contributed by atoms with van der Waals surface area (Å²) in [6, 6.07) is 6.68. The number of carbonyl (C=O) groups excluding carboxylic acids is 2. The number of hydrogen-bond acceptors (Lipinski definition) is 9. The molecule has 0 bridgehead atoms. The standard InChI is InChI=1S/C24H27N3O5S3/c1-4-10-27(17-9-11-35(30,31)13-17)20(28)12-32-24(29)18-7-5-6-8-19(18)34-23-21-15(2)16(3)33-22(21)25-14-26-23/h5-8,14,17H,4,9-13H2,1-3H3/t17-/m0/s1. The molecule has 1 fully saturated rings. The van der Waals surface area contributed by atoms with Gasteiger partial charge in [0.1, 0.15) is 16.2 Å². The van der Waals surface area contributed by atoms with Crippen LogP contribution >= 0.6 is 23.1 Å². The van der Waals surface area contributed by atoms with E-state index in [0.717, 1.165) is 20.8 Å². The molecule has 1 aromatic carbocycles. The van der Waals surface area contributed by atoms with Crippen molar-refractivity contribution in [1.82, 2.24) is 14.9 Å². The van der Waals surface area contributed by atoms with Crippen molar-refractivity contribution in [3.63, 3.8) is 0 Å². The first-order chi connectivity index (χ1) is 16.7. The minimum atomic E-state index is -3.13. The smallest absolute Gasteiger partial charge is 0.339 e. The fraction of sp³-hybridized carbons (Fsp3) is 0.417. The predicted octanol–water partition coefficient (Wildman–Crippen LogP) is 4.04. The molecule has 0 aliphatic carbocycles. The van der Waals surface area contributed by atoms with Crippen LogP contribution in [0.2, 0.25) is 0 Å². The molecule has 0 spiro atoms. The maximum absolute atomic E-state index is 13.0. The van der Waals surface area contributed by atoms with E-state index in [-0.39, 0.29) is 23.5 Å². The second kappa shape index (κ2) is 10.6. The molecule has 11 heteroatoms. The second-order valence-corrected chi connectivity index (χ2v) is 12.9. The number of hydrogen-bond donors (Lipinski definition) is 0. The molecule has 0 unspecified atom stereocenters. The molecule has 0 saturated carbocycles. The lowest BCUT2D eigenvalue weighted by atomic mass is 10.2. The summed E-state index contributed by atoms with van der Waals surface area (Å²) < 4.78 is 29.2. The number of fused-ring (bicyclic) bond motifs is 1. The highest BCUT2D eigenvalue weighted by atomic mass is 32.2. The molecule has 3 heterocycles. The van der Waals surface area contributed by atoms with Gasteiger partial charge in [0.2, 0.25) is 0 Å². The molecule has 3 aromatic rings. The molecule has 0 N–H and O–H groups in total. The normalized spacial score (nSPS) is 16.9. The lowest BCUT2D eigenvalue weighted by molar-refractivity contribution is -0.136. The number of aryl methyl sites for hydroxylation is 2. The second-order valence-electron chi connectivity index (χ2n) is 8.46. The van der Waals surface area contributed by atoms with Gasteiger partial charge in [-0.3, -0.25) is 4.79 Å². The molecule has 1 aliphatic heterocycles. The summed E-state index contributed by atoms with van der Waals surface area (Å²) in [5.74, 6) is -0.953. The highest BCUT2D eigenvalue weighted by molar-refractivity contribution is 7.99. The van der Waals surface area contributed by atoms with E-state index >= 15 is 0 Å². The van der Waals surface area contributed by atoms with Crippen molar-refractivity contribution in [1.29, 1.82) is 0 Å². The Bertz CT molecular complexity index is 1370. The first-order valence-electron chi connectivity index (χ1n) is 11.3. The summed E-state index contributed by atoms with van der Waals surface area (Å²) in [6.07, 6.45) is 2.62. The lowest BCUT2D eigenvalue weighted by Crippen LogP contribution is -2.43. The third kappa shape index (κ3) is 5.68. The third-order valence-corrected chi connectivity index (χ3v) is 9.95. The number of amides is 1. The van der Waals surface area contributed by atoms with Crippen molar-refractivity contribution in [3.05, 3.63) is 46.6 Å². The van der Waals surface area contributed by atoms with Crippen LogP contribution in [0.3, 0.4) is 0 Å². The zero-order valence-electron chi connectivity index (χ0n) is 19.8. The molecule has 35 heavy (non-hydrogen) atoms. The maximum Gasteiger partial charge on any atom is 0.339 e. The van der Waals surface area contributed by atoms with Gasteiger partial charge in [-0.1, -0.05) is 30.8 Å².